The van der Waals surface area contributed by atoms with Crippen LogP contribution in [-0.4, -0.2) is 39.5 Å². The molecular formula is C12H11F3N2O3. The van der Waals surface area contributed by atoms with Crippen LogP contribution in [0.15, 0.2) is 18.3 Å². The number of nitrogens with zero attached hydrogens (tertiary/aromatic N) is 2. The quantitative estimate of drug-likeness (QED) is 0.900. The number of amides is 1. The van der Waals surface area contributed by atoms with E-state index in [1.807, 2.05) is 0 Å². The first kappa shape index (κ1) is 14.3. The molecule has 1 saturated heterocycles. The van der Waals surface area contributed by atoms with Crippen LogP contribution in [0.4, 0.5) is 13.2 Å². The summed E-state index contributed by atoms with van der Waals surface area (Å²) in [5.74, 6) is -1.73. The molecule has 108 valence electrons. The Labute approximate surface area is 112 Å². The Balaban J connectivity index is 2.19. The van der Waals surface area contributed by atoms with Crippen molar-refractivity contribution in [2.75, 3.05) is 6.54 Å². The van der Waals surface area contributed by atoms with E-state index in [0.29, 0.717) is 18.9 Å². The molecule has 20 heavy (non-hydrogen) atoms. The average molecular weight is 288 g/mol. The zero-order chi connectivity index (χ0) is 14.9. The highest BCUT2D eigenvalue weighted by atomic mass is 19.4. The molecule has 0 bridgehead atoms. The first-order valence-electron chi connectivity index (χ1n) is 5.87. The molecule has 1 aliphatic heterocycles. The van der Waals surface area contributed by atoms with E-state index < -0.39 is 29.8 Å². The van der Waals surface area contributed by atoms with Gasteiger partial charge in [-0.15, -0.1) is 0 Å². The Hall–Kier alpha value is -2.12. The van der Waals surface area contributed by atoms with Crippen LogP contribution >= 0.6 is 0 Å². The Morgan fingerprint density at radius 3 is 2.55 bits per heavy atom. The number of carbonyl (C=O) groups excluding carboxylic acids is 1. The molecular weight excluding hydrogens is 277 g/mol. The smallest absolute Gasteiger partial charge is 0.433 e. The van der Waals surface area contributed by atoms with E-state index in [0.717, 1.165) is 17.2 Å². The van der Waals surface area contributed by atoms with Crippen molar-refractivity contribution in [1.29, 1.82) is 0 Å². The Morgan fingerprint density at radius 2 is 2.05 bits per heavy atom. The highest BCUT2D eigenvalue weighted by Gasteiger charge is 2.35. The van der Waals surface area contributed by atoms with Crippen LogP contribution in [0.3, 0.4) is 0 Å². The molecule has 0 aromatic carbocycles. The number of rotatable bonds is 2. The molecule has 8 heteroatoms. The number of carboxylic acid groups (broad SMARTS) is 1. The second-order valence-corrected chi connectivity index (χ2v) is 4.42. The fourth-order valence-corrected chi connectivity index (χ4v) is 2.12. The largest absolute Gasteiger partial charge is 0.480 e. The predicted molar refractivity (Wildman–Crippen MR) is 60.9 cm³/mol. The number of halogens is 3. The third-order valence-corrected chi connectivity index (χ3v) is 3.10. The van der Waals surface area contributed by atoms with Gasteiger partial charge in [-0.2, -0.15) is 13.2 Å². The fraction of sp³-hybridized carbons (Fsp3) is 0.417. The monoisotopic (exact) mass is 288 g/mol. The van der Waals surface area contributed by atoms with Crippen molar-refractivity contribution in [3.05, 3.63) is 29.6 Å². The molecule has 2 heterocycles. The predicted octanol–water partition coefficient (Wildman–Crippen LogP) is 1.79. The summed E-state index contributed by atoms with van der Waals surface area (Å²) in [6, 6.07) is 0.791. The highest BCUT2D eigenvalue weighted by Crippen LogP contribution is 2.27. The topological polar surface area (TPSA) is 70.5 Å². The van der Waals surface area contributed by atoms with Crippen LogP contribution in [0, 0.1) is 0 Å². The number of pyridine rings is 1. The molecule has 5 nitrogen and oxygen atoms in total. The molecule has 1 N–H and O–H groups in total. The van der Waals surface area contributed by atoms with Gasteiger partial charge >= 0.3 is 12.1 Å². The maximum atomic E-state index is 12.4. The summed E-state index contributed by atoms with van der Waals surface area (Å²) in [6.45, 7) is 0.275. The first-order valence-corrected chi connectivity index (χ1v) is 5.87. The molecule has 2 rings (SSSR count). The van der Waals surface area contributed by atoms with Crippen LogP contribution in [0.25, 0.3) is 0 Å². The van der Waals surface area contributed by atoms with E-state index in [1.165, 1.54) is 0 Å². The maximum absolute atomic E-state index is 12.4. The van der Waals surface area contributed by atoms with E-state index in [-0.39, 0.29) is 12.1 Å². The summed E-state index contributed by atoms with van der Waals surface area (Å²) >= 11 is 0. The number of alkyl halides is 3. The number of hydrogen-bond acceptors (Lipinski definition) is 3. The third kappa shape index (κ3) is 2.73. The van der Waals surface area contributed by atoms with Gasteiger partial charge in [0.05, 0.1) is 5.56 Å². The first-order chi connectivity index (χ1) is 9.30. The van der Waals surface area contributed by atoms with Gasteiger partial charge in [0.25, 0.3) is 5.91 Å². The zero-order valence-corrected chi connectivity index (χ0v) is 10.2. The Bertz CT molecular complexity index is 528. The van der Waals surface area contributed by atoms with Gasteiger partial charge in [0.2, 0.25) is 0 Å². The lowest BCUT2D eigenvalue weighted by Crippen LogP contribution is -2.40. The normalized spacial score (nSPS) is 19.1. The Kier molecular flexibility index (Phi) is 3.65. The van der Waals surface area contributed by atoms with Crippen molar-refractivity contribution in [3.8, 4) is 0 Å². The molecule has 1 amide bonds. The van der Waals surface area contributed by atoms with E-state index >= 15 is 0 Å². The van der Waals surface area contributed by atoms with Crippen molar-refractivity contribution in [3.63, 3.8) is 0 Å². The van der Waals surface area contributed by atoms with Crippen LogP contribution in [0.5, 0.6) is 0 Å². The van der Waals surface area contributed by atoms with E-state index in [2.05, 4.69) is 4.98 Å². The van der Waals surface area contributed by atoms with E-state index in [1.54, 1.807) is 0 Å². The SMILES string of the molecule is O=C(O)[C@@H]1CCCN1C(=O)c1ccc(C(F)(F)F)nc1. The van der Waals surface area contributed by atoms with E-state index in [9.17, 15) is 22.8 Å². The molecule has 1 aliphatic rings. The fourth-order valence-electron chi connectivity index (χ4n) is 2.12. The van der Waals surface area contributed by atoms with Gasteiger partial charge in [-0.3, -0.25) is 9.78 Å². The van der Waals surface area contributed by atoms with Crippen molar-refractivity contribution in [2.24, 2.45) is 0 Å². The lowest BCUT2D eigenvalue weighted by Gasteiger charge is -2.21. The molecule has 1 atom stereocenters. The second-order valence-electron chi connectivity index (χ2n) is 4.42. The molecule has 0 spiro atoms. The number of likely N-dealkylation sites (tertiary alicyclic amines) is 1. The van der Waals surface area contributed by atoms with Gasteiger partial charge in [-0.05, 0) is 25.0 Å². The summed E-state index contributed by atoms with van der Waals surface area (Å²) < 4.78 is 37.1. The van der Waals surface area contributed by atoms with Gasteiger partial charge < -0.3 is 10.0 Å². The van der Waals surface area contributed by atoms with Crippen LogP contribution in [-0.2, 0) is 11.0 Å². The minimum absolute atomic E-state index is 0.0499. The summed E-state index contributed by atoms with van der Waals surface area (Å²) in [7, 11) is 0. The summed E-state index contributed by atoms with van der Waals surface area (Å²) in [6.07, 6.45) is -2.85. The standard InChI is InChI=1S/C12H11F3N2O3/c13-12(14,15)9-4-3-7(6-16-9)10(18)17-5-1-2-8(17)11(19)20/h3-4,6,8H,1-2,5H2,(H,19,20)/t8-/m0/s1. The number of carbonyl (C=O) groups is 2. The molecule has 0 unspecified atom stereocenters. The number of hydrogen-bond donors (Lipinski definition) is 1. The van der Waals surface area contributed by atoms with Crippen molar-refractivity contribution in [1.82, 2.24) is 9.88 Å². The number of aliphatic carboxylic acids is 1. The van der Waals surface area contributed by atoms with E-state index in [4.69, 9.17) is 5.11 Å². The van der Waals surface area contributed by atoms with Crippen molar-refractivity contribution in [2.45, 2.75) is 25.1 Å². The lowest BCUT2D eigenvalue weighted by atomic mass is 10.2. The lowest BCUT2D eigenvalue weighted by molar-refractivity contribution is -0.142. The summed E-state index contributed by atoms with van der Waals surface area (Å²) in [5.41, 5.74) is -1.14. The van der Waals surface area contributed by atoms with Crippen LogP contribution < -0.4 is 0 Å². The average Bonchev–Trinajstić information content (AvgIpc) is 2.86. The second kappa shape index (κ2) is 5.10. The number of carboxylic acids is 1. The minimum atomic E-state index is -4.57. The van der Waals surface area contributed by atoms with Gasteiger partial charge in [0.1, 0.15) is 11.7 Å². The molecule has 1 aromatic heterocycles. The van der Waals surface area contributed by atoms with Gasteiger partial charge in [0, 0.05) is 12.7 Å². The highest BCUT2D eigenvalue weighted by molar-refractivity contribution is 5.96. The zero-order valence-electron chi connectivity index (χ0n) is 10.2. The third-order valence-electron chi connectivity index (χ3n) is 3.10. The molecule has 0 saturated carbocycles. The Morgan fingerprint density at radius 1 is 1.35 bits per heavy atom. The van der Waals surface area contributed by atoms with Gasteiger partial charge in [-0.1, -0.05) is 0 Å². The van der Waals surface area contributed by atoms with Gasteiger partial charge in [-0.25, -0.2) is 4.79 Å². The molecule has 0 aliphatic carbocycles. The number of aromatic nitrogens is 1. The minimum Gasteiger partial charge on any atom is -0.480 e. The van der Waals surface area contributed by atoms with Crippen LogP contribution in [0.2, 0.25) is 0 Å². The van der Waals surface area contributed by atoms with Crippen LogP contribution in [0.1, 0.15) is 28.9 Å². The molecule has 0 radical (unpaired) electrons. The van der Waals surface area contributed by atoms with Gasteiger partial charge in [0.15, 0.2) is 0 Å². The van der Waals surface area contributed by atoms with Crippen molar-refractivity contribution >= 4 is 11.9 Å². The maximum Gasteiger partial charge on any atom is 0.433 e. The summed E-state index contributed by atoms with van der Waals surface area (Å²) in [4.78, 5) is 27.4. The molecule has 1 fully saturated rings. The summed E-state index contributed by atoms with van der Waals surface area (Å²) in [5, 5.41) is 8.97. The van der Waals surface area contributed by atoms with Crippen molar-refractivity contribution < 1.29 is 27.9 Å². The molecule has 1 aromatic rings.